The lowest BCUT2D eigenvalue weighted by molar-refractivity contribution is -0.384. The molecule has 9 heteroatoms. The van der Waals surface area contributed by atoms with Gasteiger partial charge in [-0.25, -0.2) is 4.98 Å². The number of nitrogens with one attached hydrogen (secondary N) is 1. The lowest BCUT2D eigenvalue weighted by Gasteiger charge is -2.07. The Balaban J connectivity index is 2.38. The number of hydrogen-bond donors (Lipinski definition) is 1. The molecule has 0 spiro atoms. The number of pyridine rings is 1. The molecule has 6 nitrogen and oxygen atoms in total. The molecule has 0 bridgehead atoms. The van der Waals surface area contributed by atoms with Crippen molar-refractivity contribution in [1.82, 2.24) is 4.98 Å². The van der Waals surface area contributed by atoms with E-state index in [4.69, 9.17) is 34.8 Å². The predicted octanol–water partition coefficient (Wildman–Crippen LogP) is 4.20. The zero-order valence-corrected chi connectivity index (χ0v) is 12.4. The number of halogens is 3. The van der Waals surface area contributed by atoms with E-state index >= 15 is 0 Å². The van der Waals surface area contributed by atoms with Crippen molar-refractivity contribution in [2.75, 3.05) is 5.32 Å². The van der Waals surface area contributed by atoms with Crippen LogP contribution in [0.15, 0.2) is 30.3 Å². The maximum atomic E-state index is 12.1. The maximum absolute atomic E-state index is 12.1. The Kier molecular flexibility index (Phi) is 4.62. The van der Waals surface area contributed by atoms with E-state index in [1.54, 1.807) is 0 Å². The Morgan fingerprint density at radius 2 is 1.90 bits per heavy atom. The molecule has 1 heterocycles. The molecule has 0 radical (unpaired) electrons. The molecule has 1 amide bonds. The van der Waals surface area contributed by atoms with Gasteiger partial charge in [0.15, 0.2) is 0 Å². The maximum Gasteiger partial charge on any atom is 0.311 e. The average molecular weight is 347 g/mol. The standard InChI is InChI=1S/C12H6Cl3N3O3/c13-6-1-2-8(14)7(5-6)12(19)17-11-9(18(20)21)3-4-10(15)16-11/h1-5H,(H,16,17,19). The Bertz CT molecular complexity index is 737. The van der Waals surface area contributed by atoms with E-state index in [1.807, 2.05) is 0 Å². The van der Waals surface area contributed by atoms with Crippen molar-refractivity contribution < 1.29 is 9.72 Å². The first-order valence-corrected chi connectivity index (χ1v) is 6.59. The van der Waals surface area contributed by atoms with Crippen LogP contribution in [0, 0.1) is 10.1 Å². The fourth-order valence-corrected chi connectivity index (χ4v) is 2.04. The van der Waals surface area contributed by atoms with Crippen LogP contribution in [0.4, 0.5) is 11.5 Å². The summed E-state index contributed by atoms with van der Waals surface area (Å²) in [6.45, 7) is 0. The van der Waals surface area contributed by atoms with Gasteiger partial charge in [-0.3, -0.25) is 14.9 Å². The number of rotatable bonds is 3. The van der Waals surface area contributed by atoms with Gasteiger partial charge in [0.05, 0.1) is 15.5 Å². The number of benzene rings is 1. The Morgan fingerprint density at radius 1 is 1.19 bits per heavy atom. The summed E-state index contributed by atoms with van der Waals surface area (Å²) in [6, 6.07) is 6.70. The summed E-state index contributed by atoms with van der Waals surface area (Å²) in [6.07, 6.45) is 0. The summed E-state index contributed by atoms with van der Waals surface area (Å²) in [7, 11) is 0. The largest absolute Gasteiger partial charge is 0.311 e. The minimum absolute atomic E-state index is 0.00749. The molecule has 0 fully saturated rings. The van der Waals surface area contributed by atoms with Gasteiger partial charge in [-0.1, -0.05) is 34.8 Å². The van der Waals surface area contributed by atoms with Crippen molar-refractivity contribution in [3.63, 3.8) is 0 Å². The van der Waals surface area contributed by atoms with Crippen LogP contribution in [0.1, 0.15) is 10.4 Å². The van der Waals surface area contributed by atoms with Gasteiger partial charge < -0.3 is 5.32 Å². The second-order valence-electron chi connectivity index (χ2n) is 3.84. The van der Waals surface area contributed by atoms with E-state index in [0.29, 0.717) is 5.02 Å². The molecule has 0 saturated heterocycles. The third kappa shape index (κ3) is 3.60. The Morgan fingerprint density at radius 3 is 2.57 bits per heavy atom. The van der Waals surface area contributed by atoms with Crippen LogP contribution in [-0.2, 0) is 0 Å². The van der Waals surface area contributed by atoms with Gasteiger partial charge in [0.1, 0.15) is 5.15 Å². The van der Waals surface area contributed by atoms with E-state index in [9.17, 15) is 14.9 Å². The molecule has 0 aliphatic rings. The number of carbonyl (C=O) groups excluding carboxylic acids is 1. The minimum atomic E-state index is -0.682. The first kappa shape index (κ1) is 15.5. The number of carbonyl (C=O) groups is 1. The molecule has 1 aromatic heterocycles. The van der Waals surface area contributed by atoms with Crippen molar-refractivity contribution in [1.29, 1.82) is 0 Å². The second-order valence-corrected chi connectivity index (χ2v) is 5.07. The van der Waals surface area contributed by atoms with Crippen molar-refractivity contribution in [3.05, 3.63) is 61.2 Å². The molecule has 1 N–H and O–H groups in total. The molecule has 0 saturated carbocycles. The number of aromatic nitrogens is 1. The highest BCUT2D eigenvalue weighted by Crippen LogP contribution is 2.26. The van der Waals surface area contributed by atoms with Gasteiger partial charge in [-0.15, -0.1) is 0 Å². The molecule has 0 aliphatic heterocycles. The van der Waals surface area contributed by atoms with Crippen LogP contribution >= 0.6 is 34.8 Å². The van der Waals surface area contributed by atoms with Gasteiger partial charge >= 0.3 is 5.69 Å². The van der Waals surface area contributed by atoms with E-state index in [1.165, 1.54) is 24.3 Å². The third-order valence-electron chi connectivity index (χ3n) is 2.44. The first-order valence-electron chi connectivity index (χ1n) is 5.46. The van der Waals surface area contributed by atoms with E-state index < -0.39 is 10.8 Å². The van der Waals surface area contributed by atoms with Crippen LogP contribution in [-0.4, -0.2) is 15.8 Å². The number of nitrogens with zero attached hydrogens (tertiary/aromatic N) is 2. The normalized spacial score (nSPS) is 10.2. The van der Waals surface area contributed by atoms with Gasteiger partial charge in [-0.05, 0) is 24.3 Å². The average Bonchev–Trinajstić information content (AvgIpc) is 2.41. The lowest BCUT2D eigenvalue weighted by atomic mass is 10.2. The van der Waals surface area contributed by atoms with Crippen molar-refractivity contribution in [2.45, 2.75) is 0 Å². The SMILES string of the molecule is O=C(Nc1nc(Cl)ccc1[N+](=O)[O-])c1cc(Cl)ccc1Cl. The molecule has 0 atom stereocenters. The molecule has 0 unspecified atom stereocenters. The molecular formula is C12H6Cl3N3O3. The quantitative estimate of drug-likeness (QED) is 0.512. The predicted molar refractivity (Wildman–Crippen MR) is 80.3 cm³/mol. The molecule has 2 aromatic rings. The zero-order chi connectivity index (χ0) is 15.6. The molecule has 0 aliphatic carbocycles. The van der Waals surface area contributed by atoms with E-state index in [2.05, 4.69) is 10.3 Å². The fourth-order valence-electron chi connectivity index (χ4n) is 1.51. The summed E-state index contributed by atoms with van der Waals surface area (Å²) in [4.78, 5) is 26.1. The first-order chi connectivity index (χ1) is 9.88. The second kappa shape index (κ2) is 6.26. The number of hydrogen-bond acceptors (Lipinski definition) is 4. The van der Waals surface area contributed by atoms with Crippen molar-refractivity contribution in [2.24, 2.45) is 0 Å². The summed E-state index contributed by atoms with van der Waals surface area (Å²) < 4.78 is 0. The van der Waals surface area contributed by atoms with Crippen LogP contribution in [0.2, 0.25) is 15.2 Å². The van der Waals surface area contributed by atoms with Crippen LogP contribution in [0.25, 0.3) is 0 Å². The van der Waals surface area contributed by atoms with Gasteiger partial charge in [-0.2, -0.15) is 0 Å². The van der Waals surface area contributed by atoms with Crippen molar-refractivity contribution in [3.8, 4) is 0 Å². The van der Waals surface area contributed by atoms with Crippen LogP contribution in [0.5, 0.6) is 0 Å². The molecule has 1 aromatic carbocycles. The highest BCUT2D eigenvalue weighted by Gasteiger charge is 2.20. The van der Waals surface area contributed by atoms with Gasteiger partial charge in [0, 0.05) is 11.1 Å². The monoisotopic (exact) mass is 345 g/mol. The molecule has 2 rings (SSSR count). The Hall–Kier alpha value is -1.89. The number of amides is 1. The summed E-state index contributed by atoms with van der Waals surface area (Å²) in [5, 5.41) is 13.7. The fraction of sp³-hybridized carbons (Fsp3) is 0. The van der Waals surface area contributed by atoms with Crippen LogP contribution < -0.4 is 5.32 Å². The summed E-state index contributed by atoms with van der Waals surface area (Å²) >= 11 is 17.4. The highest BCUT2D eigenvalue weighted by atomic mass is 35.5. The summed E-state index contributed by atoms with van der Waals surface area (Å²) in [5.41, 5.74) is -0.314. The van der Waals surface area contributed by atoms with Crippen LogP contribution in [0.3, 0.4) is 0 Å². The Labute approximate surface area is 133 Å². The molecule has 21 heavy (non-hydrogen) atoms. The van der Waals surface area contributed by atoms with Gasteiger partial charge in [0.25, 0.3) is 5.91 Å². The molecule has 108 valence electrons. The van der Waals surface area contributed by atoms with Crippen molar-refractivity contribution >= 4 is 52.2 Å². The van der Waals surface area contributed by atoms with E-state index in [-0.39, 0.29) is 27.2 Å². The zero-order valence-electron chi connectivity index (χ0n) is 10.1. The highest BCUT2D eigenvalue weighted by molar-refractivity contribution is 6.36. The minimum Gasteiger partial charge on any atom is -0.301 e. The summed E-state index contributed by atoms with van der Waals surface area (Å²) in [5.74, 6) is -0.950. The smallest absolute Gasteiger partial charge is 0.301 e. The third-order valence-corrected chi connectivity index (χ3v) is 3.22. The molecular weight excluding hydrogens is 341 g/mol. The number of anilines is 1. The van der Waals surface area contributed by atoms with Gasteiger partial charge in [0.2, 0.25) is 5.82 Å². The lowest BCUT2D eigenvalue weighted by Crippen LogP contribution is -2.15. The topological polar surface area (TPSA) is 85.1 Å². The number of nitro groups is 1. The van der Waals surface area contributed by atoms with E-state index in [0.717, 1.165) is 6.07 Å².